The summed E-state index contributed by atoms with van der Waals surface area (Å²) in [6, 6.07) is 4.65. The minimum absolute atomic E-state index is 0.0330. The highest BCUT2D eigenvalue weighted by molar-refractivity contribution is 7.10. The van der Waals surface area contributed by atoms with Gasteiger partial charge in [0.25, 0.3) is 0 Å². The zero-order chi connectivity index (χ0) is 13.3. The van der Waals surface area contributed by atoms with E-state index in [-0.39, 0.29) is 16.5 Å². The molecule has 94 valence electrons. The summed E-state index contributed by atoms with van der Waals surface area (Å²) in [7, 11) is 0. The SMILES string of the molecule is CC(=O)c1c(C)nsc1Nc1cccc(Cl)c1F. The molecule has 0 fully saturated rings. The number of Topliss-reactive ketones (excluding diaryl/α,β-unsaturated/α-hetero) is 1. The van der Waals surface area contributed by atoms with E-state index in [4.69, 9.17) is 11.6 Å². The molecule has 0 spiro atoms. The highest BCUT2D eigenvalue weighted by atomic mass is 35.5. The van der Waals surface area contributed by atoms with Gasteiger partial charge in [-0.1, -0.05) is 17.7 Å². The number of ketones is 1. The number of anilines is 2. The van der Waals surface area contributed by atoms with Gasteiger partial charge in [-0.15, -0.1) is 0 Å². The van der Waals surface area contributed by atoms with Gasteiger partial charge in [0, 0.05) is 0 Å². The third-order valence-corrected chi connectivity index (χ3v) is 3.56. The third-order valence-electron chi connectivity index (χ3n) is 2.41. The summed E-state index contributed by atoms with van der Waals surface area (Å²) in [5.74, 6) is -0.647. The van der Waals surface area contributed by atoms with Crippen molar-refractivity contribution in [2.24, 2.45) is 0 Å². The topological polar surface area (TPSA) is 42.0 Å². The maximum Gasteiger partial charge on any atom is 0.165 e. The number of nitrogens with zero attached hydrogens (tertiary/aromatic N) is 1. The molecule has 1 aromatic heterocycles. The molecule has 0 saturated carbocycles. The van der Waals surface area contributed by atoms with Gasteiger partial charge >= 0.3 is 0 Å². The van der Waals surface area contributed by atoms with Crippen molar-refractivity contribution in [3.05, 3.63) is 40.3 Å². The quantitative estimate of drug-likeness (QED) is 0.859. The summed E-state index contributed by atoms with van der Waals surface area (Å²) in [6.07, 6.45) is 0. The third kappa shape index (κ3) is 2.37. The van der Waals surface area contributed by atoms with Crippen LogP contribution in [0.3, 0.4) is 0 Å². The molecule has 2 aromatic rings. The van der Waals surface area contributed by atoms with Crippen molar-refractivity contribution in [1.29, 1.82) is 0 Å². The second-order valence-electron chi connectivity index (χ2n) is 3.75. The number of aryl methyl sites for hydroxylation is 1. The van der Waals surface area contributed by atoms with Gasteiger partial charge in [0.2, 0.25) is 0 Å². The molecule has 1 aromatic carbocycles. The first kappa shape index (κ1) is 13.0. The largest absolute Gasteiger partial charge is 0.343 e. The molecule has 0 aliphatic rings. The van der Waals surface area contributed by atoms with Crippen molar-refractivity contribution in [3.8, 4) is 0 Å². The molecule has 1 N–H and O–H groups in total. The second kappa shape index (κ2) is 5.04. The Morgan fingerprint density at radius 2 is 2.22 bits per heavy atom. The molecule has 0 radical (unpaired) electrons. The average Bonchev–Trinajstić information content (AvgIpc) is 2.66. The van der Waals surface area contributed by atoms with Crippen LogP contribution in [0.15, 0.2) is 18.2 Å². The summed E-state index contributed by atoms with van der Waals surface area (Å²) in [6.45, 7) is 3.20. The Morgan fingerprint density at radius 3 is 2.89 bits per heavy atom. The van der Waals surface area contributed by atoms with E-state index in [1.54, 1.807) is 19.1 Å². The molecule has 0 aliphatic heterocycles. The minimum atomic E-state index is -0.542. The molecule has 0 amide bonds. The molecule has 0 aliphatic carbocycles. The number of halogens is 2. The molecule has 0 atom stereocenters. The summed E-state index contributed by atoms with van der Waals surface area (Å²) in [4.78, 5) is 11.5. The highest BCUT2D eigenvalue weighted by Gasteiger charge is 2.16. The van der Waals surface area contributed by atoms with Crippen LogP contribution in [0.25, 0.3) is 0 Å². The van der Waals surface area contributed by atoms with Crippen LogP contribution in [-0.4, -0.2) is 10.2 Å². The van der Waals surface area contributed by atoms with Gasteiger partial charge in [-0.2, -0.15) is 4.37 Å². The normalized spacial score (nSPS) is 10.4. The van der Waals surface area contributed by atoms with Gasteiger partial charge in [0.1, 0.15) is 5.00 Å². The van der Waals surface area contributed by atoms with Crippen LogP contribution in [0.5, 0.6) is 0 Å². The van der Waals surface area contributed by atoms with Gasteiger partial charge < -0.3 is 5.32 Å². The average molecular weight is 285 g/mol. The van der Waals surface area contributed by atoms with Crippen molar-refractivity contribution >= 4 is 39.6 Å². The molecule has 18 heavy (non-hydrogen) atoms. The van der Waals surface area contributed by atoms with Gasteiger partial charge in [0.15, 0.2) is 11.6 Å². The molecule has 2 rings (SSSR count). The van der Waals surface area contributed by atoms with E-state index in [0.29, 0.717) is 16.3 Å². The van der Waals surface area contributed by atoms with E-state index in [2.05, 4.69) is 9.69 Å². The number of aromatic nitrogens is 1. The smallest absolute Gasteiger partial charge is 0.165 e. The van der Waals surface area contributed by atoms with E-state index in [1.165, 1.54) is 13.0 Å². The van der Waals surface area contributed by atoms with Crippen LogP contribution >= 0.6 is 23.1 Å². The first-order valence-electron chi connectivity index (χ1n) is 5.19. The summed E-state index contributed by atoms with van der Waals surface area (Å²) < 4.78 is 17.8. The zero-order valence-corrected chi connectivity index (χ0v) is 11.3. The van der Waals surface area contributed by atoms with Crippen molar-refractivity contribution in [2.45, 2.75) is 13.8 Å². The number of hydrogen-bond donors (Lipinski definition) is 1. The fraction of sp³-hybridized carbons (Fsp3) is 0.167. The minimum Gasteiger partial charge on any atom is -0.343 e. The lowest BCUT2D eigenvalue weighted by atomic mass is 10.2. The maximum atomic E-state index is 13.7. The predicted octanol–water partition coefficient (Wildman–Crippen LogP) is 4.19. The van der Waals surface area contributed by atoms with Crippen molar-refractivity contribution in [1.82, 2.24) is 4.37 Å². The van der Waals surface area contributed by atoms with Crippen molar-refractivity contribution in [3.63, 3.8) is 0 Å². The van der Waals surface area contributed by atoms with E-state index in [1.807, 2.05) is 0 Å². The van der Waals surface area contributed by atoms with E-state index in [9.17, 15) is 9.18 Å². The molecule has 0 bridgehead atoms. The van der Waals surface area contributed by atoms with Crippen LogP contribution in [-0.2, 0) is 0 Å². The standard InChI is InChI=1S/C12H10ClFN2OS/c1-6-10(7(2)17)12(18-16-6)15-9-5-3-4-8(13)11(9)14/h3-5,15H,1-2H3. The summed E-state index contributed by atoms with van der Waals surface area (Å²) in [5, 5.41) is 3.42. The Labute approximate surface area is 113 Å². The van der Waals surface area contributed by atoms with Crippen LogP contribution in [0.1, 0.15) is 23.0 Å². The first-order valence-corrected chi connectivity index (χ1v) is 6.34. The molecular weight excluding hydrogens is 275 g/mol. The van der Waals surface area contributed by atoms with Crippen LogP contribution in [0.2, 0.25) is 5.02 Å². The number of benzene rings is 1. The van der Waals surface area contributed by atoms with Crippen LogP contribution in [0, 0.1) is 12.7 Å². The highest BCUT2D eigenvalue weighted by Crippen LogP contribution is 2.31. The van der Waals surface area contributed by atoms with Gasteiger partial charge in [-0.3, -0.25) is 4.79 Å². The summed E-state index contributed by atoms with van der Waals surface area (Å²) >= 11 is 6.82. The maximum absolute atomic E-state index is 13.7. The molecule has 3 nitrogen and oxygen atoms in total. The lowest BCUT2D eigenvalue weighted by Gasteiger charge is -2.07. The Hall–Kier alpha value is -1.46. The van der Waals surface area contributed by atoms with Crippen molar-refractivity contribution < 1.29 is 9.18 Å². The lowest BCUT2D eigenvalue weighted by molar-refractivity contribution is 0.101. The number of nitrogens with one attached hydrogen (secondary N) is 1. The van der Waals surface area contributed by atoms with Crippen LogP contribution in [0.4, 0.5) is 15.1 Å². The Kier molecular flexibility index (Phi) is 3.63. The summed E-state index contributed by atoms with van der Waals surface area (Å²) in [5.41, 5.74) is 1.35. The van der Waals surface area contributed by atoms with Gasteiger partial charge in [0.05, 0.1) is 22.0 Å². The Balaban J connectivity index is 2.41. The number of rotatable bonds is 3. The first-order chi connectivity index (χ1) is 8.50. The number of carbonyl (C=O) groups excluding carboxylic acids is 1. The van der Waals surface area contributed by atoms with E-state index in [0.717, 1.165) is 11.5 Å². The number of carbonyl (C=O) groups is 1. The molecular formula is C12H10ClFN2OS. The van der Waals surface area contributed by atoms with E-state index < -0.39 is 5.82 Å². The molecule has 6 heteroatoms. The molecule has 0 unspecified atom stereocenters. The Morgan fingerprint density at radius 1 is 1.50 bits per heavy atom. The van der Waals surface area contributed by atoms with Gasteiger partial charge in [-0.05, 0) is 37.5 Å². The van der Waals surface area contributed by atoms with Gasteiger partial charge in [-0.25, -0.2) is 4.39 Å². The van der Waals surface area contributed by atoms with E-state index >= 15 is 0 Å². The predicted molar refractivity (Wildman–Crippen MR) is 71.5 cm³/mol. The monoisotopic (exact) mass is 284 g/mol. The molecule has 0 saturated heterocycles. The molecule has 1 heterocycles. The fourth-order valence-corrected chi connectivity index (χ4v) is 2.62. The fourth-order valence-electron chi connectivity index (χ4n) is 1.59. The van der Waals surface area contributed by atoms with Crippen molar-refractivity contribution in [2.75, 3.05) is 5.32 Å². The number of hydrogen-bond acceptors (Lipinski definition) is 4. The van der Waals surface area contributed by atoms with Crippen LogP contribution < -0.4 is 5.32 Å². The lowest BCUT2D eigenvalue weighted by Crippen LogP contribution is -2.00. The second-order valence-corrected chi connectivity index (χ2v) is 4.94. The zero-order valence-electron chi connectivity index (χ0n) is 9.75. The Bertz CT molecular complexity index is 612.